The third-order valence-corrected chi connectivity index (χ3v) is 4.10. The third-order valence-electron chi connectivity index (χ3n) is 4.10. The molecule has 0 bridgehead atoms. The SMILES string of the molecule is CC(C)(C)c1ccc(C2CN(c3ccccn3)C2)cc1. The van der Waals surface area contributed by atoms with Gasteiger partial charge in [0.1, 0.15) is 5.82 Å². The Morgan fingerprint density at radius 2 is 1.70 bits per heavy atom. The molecule has 1 saturated heterocycles. The monoisotopic (exact) mass is 266 g/mol. The van der Waals surface area contributed by atoms with E-state index in [9.17, 15) is 0 Å². The maximum Gasteiger partial charge on any atom is 0.128 e. The summed E-state index contributed by atoms with van der Waals surface area (Å²) in [5, 5.41) is 0. The molecule has 0 amide bonds. The molecule has 2 heterocycles. The minimum atomic E-state index is 0.234. The number of benzene rings is 1. The van der Waals surface area contributed by atoms with Gasteiger partial charge in [-0.15, -0.1) is 0 Å². The first-order valence-corrected chi connectivity index (χ1v) is 7.30. The summed E-state index contributed by atoms with van der Waals surface area (Å²) in [6, 6.07) is 15.2. The van der Waals surface area contributed by atoms with Crippen LogP contribution in [0.25, 0.3) is 0 Å². The zero-order valence-electron chi connectivity index (χ0n) is 12.5. The summed E-state index contributed by atoms with van der Waals surface area (Å²) in [5.74, 6) is 1.74. The van der Waals surface area contributed by atoms with E-state index in [2.05, 4.69) is 61.0 Å². The first-order valence-electron chi connectivity index (χ1n) is 7.30. The highest BCUT2D eigenvalue weighted by Crippen LogP contribution is 2.31. The van der Waals surface area contributed by atoms with Gasteiger partial charge in [0.2, 0.25) is 0 Å². The molecule has 20 heavy (non-hydrogen) atoms. The number of hydrogen-bond acceptors (Lipinski definition) is 2. The minimum absolute atomic E-state index is 0.234. The van der Waals surface area contributed by atoms with Crippen molar-refractivity contribution in [2.75, 3.05) is 18.0 Å². The summed E-state index contributed by atoms with van der Waals surface area (Å²) >= 11 is 0. The molecular formula is C18H22N2. The second kappa shape index (κ2) is 4.93. The van der Waals surface area contributed by atoms with E-state index in [4.69, 9.17) is 0 Å². The molecule has 1 aliphatic rings. The maximum absolute atomic E-state index is 4.40. The summed E-state index contributed by atoms with van der Waals surface area (Å²) in [4.78, 5) is 6.74. The number of pyridine rings is 1. The van der Waals surface area contributed by atoms with Gasteiger partial charge < -0.3 is 4.90 Å². The molecule has 0 saturated carbocycles. The Morgan fingerprint density at radius 1 is 1.00 bits per heavy atom. The molecule has 2 nitrogen and oxygen atoms in total. The number of aromatic nitrogens is 1. The van der Waals surface area contributed by atoms with Gasteiger partial charge in [0, 0.05) is 25.2 Å². The van der Waals surface area contributed by atoms with Gasteiger partial charge >= 0.3 is 0 Å². The van der Waals surface area contributed by atoms with Crippen LogP contribution in [0.1, 0.15) is 37.8 Å². The van der Waals surface area contributed by atoms with Crippen LogP contribution in [0.4, 0.5) is 5.82 Å². The highest BCUT2D eigenvalue weighted by atomic mass is 15.2. The Kier molecular flexibility index (Phi) is 3.25. The number of hydrogen-bond donors (Lipinski definition) is 0. The summed E-state index contributed by atoms with van der Waals surface area (Å²) in [5.41, 5.74) is 3.09. The van der Waals surface area contributed by atoms with Crippen molar-refractivity contribution in [1.82, 2.24) is 4.98 Å². The molecule has 2 heteroatoms. The molecule has 1 aromatic heterocycles. The van der Waals surface area contributed by atoms with Gasteiger partial charge in [-0.1, -0.05) is 51.1 Å². The fourth-order valence-electron chi connectivity index (χ4n) is 2.67. The van der Waals surface area contributed by atoms with Gasteiger partial charge in [0.25, 0.3) is 0 Å². The average Bonchev–Trinajstić information content (AvgIpc) is 2.38. The largest absolute Gasteiger partial charge is 0.355 e. The highest BCUT2D eigenvalue weighted by molar-refractivity contribution is 5.45. The van der Waals surface area contributed by atoms with E-state index < -0.39 is 0 Å². The maximum atomic E-state index is 4.40. The molecule has 0 unspecified atom stereocenters. The molecule has 1 aliphatic heterocycles. The van der Waals surface area contributed by atoms with E-state index in [1.807, 2.05) is 18.3 Å². The summed E-state index contributed by atoms with van der Waals surface area (Å²) < 4.78 is 0. The van der Waals surface area contributed by atoms with Gasteiger partial charge in [0.05, 0.1) is 0 Å². The van der Waals surface area contributed by atoms with Crippen molar-refractivity contribution in [3.8, 4) is 0 Å². The smallest absolute Gasteiger partial charge is 0.128 e. The van der Waals surface area contributed by atoms with Crippen LogP contribution in [0.3, 0.4) is 0 Å². The quantitative estimate of drug-likeness (QED) is 0.817. The second-order valence-electron chi connectivity index (χ2n) is 6.66. The molecule has 104 valence electrons. The van der Waals surface area contributed by atoms with Crippen LogP contribution in [0.15, 0.2) is 48.7 Å². The van der Waals surface area contributed by atoms with Crippen LogP contribution in [0, 0.1) is 0 Å². The fraction of sp³-hybridized carbons (Fsp3) is 0.389. The van der Waals surface area contributed by atoms with Gasteiger partial charge in [-0.2, -0.15) is 0 Å². The lowest BCUT2D eigenvalue weighted by atomic mass is 9.84. The average molecular weight is 266 g/mol. The first kappa shape index (κ1) is 13.2. The predicted octanol–water partition coefficient (Wildman–Crippen LogP) is 3.98. The van der Waals surface area contributed by atoms with Crippen molar-refractivity contribution in [1.29, 1.82) is 0 Å². The Balaban J connectivity index is 1.66. The fourth-order valence-corrected chi connectivity index (χ4v) is 2.67. The van der Waals surface area contributed by atoms with E-state index >= 15 is 0 Å². The van der Waals surface area contributed by atoms with Crippen LogP contribution in [0.5, 0.6) is 0 Å². The topological polar surface area (TPSA) is 16.1 Å². The molecule has 0 spiro atoms. The Morgan fingerprint density at radius 3 is 2.25 bits per heavy atom. The van der Waals surface area contributed by atoms with Gasteiger partial charge in [-0.3, -0.25) is 0 Å². The predicted molar refractivity (Wildman–Crippen MR) is 84.3 cm³/mol. The first-order chi connectivity index (χ1) is 9.54. The summed E-state index contributed by atoms with van der Waals surface area (Å²) in [6.45, 7) is 8.92. The van der Waals surface area contributed by atoms with Crippen molar-refractivity contribution in [3.63, 3.8) is 0 Å². The standard InChI is InChI=1S/C18H22N2/c1-18(2,3)16-9-7-14(8-10-16)15-12-20(13-15)17-6-4-5-11-19-17/h4-11,15H,12-13H2,1-3H3. The number of nitrogens with zero attached hydrogens (tertiary/aromatic N) is 2. The zero-order chi connectivity index (χ0) is 14.2. The minimum Gasteiger partial charge on any atom is -0.355 e. The van der Waals surface area contributed by atoms with Crippen molar-refractivity contribution in [2.45, 2.75) is 32.1 Å². The van der Waals surface area contributed by atoms with E-state index in [-0.39, 0.29) is 5.41 Å². The Hall–Kier alpha value is -1.83. The van der Waals surface area contributed by atoms with Crippen LogP contribution in [-0.4, -0.2) is 18.1 Å². The van der Waals surface area contributed by atoms with Crippen molar-refractivity contribution >= 4 is 5.82 Å². The van der Waals surface area contributed by atoms with Crippen molar-refractivity contribution < 1.29 is 0 Å². The number of anilines is 1. The molecule has 0 N–H and O–H groups in total. The van der Waals surface area contributed by atoms with Crippen molar-refractivity contribution in [3.05, 3.63) is 59.8 Å². The normalized spacial score (nSPS) is 16.1. The van der Waals surface area contributed by atoms with E-state index in [1.54, 1.807) is 0 Å². The molecule has 1 aromatic carbocycles. The van der Waals surface area contributed by atoms with Crippen molar-refractivity contribution in [2.24, 2.45) is 0 Å². The van der Waals surface area contributed by atoms with E-state index in [0.717, 1.165) is 18.9 Å². The van der Waals surface area contributed by atoms with Crippen LogP contribution in [0.2, 0.25) is 0 Å². The Bertz CT molecular complexity index is 561. The third kappa shape index (κ3) is 2.55. The summed E-state index contributed by atoms with van der Waals surface area (Å²) in [6.07, 6.45) is 1.86. The molecule has 0 radical (unpaired) electrons. The second-order valence-corrected chi connectivity index (χ2v) is 6.66. The van der Waals surface area contributed by atoms with Gasteiger partial charge in [-0.05, 0) is 28.7 Å². The molecule has 0 aliphatic carbocycles. The van der Waals surface area contributed by atoms with Crippen LogP contribution >= 0.6 is 0 Å². The molecule has 0 atom stereocenters. The molecule has 2 aromatic rings. The number of rotatable bonds is 2. The van der Waals surface area contributed by atoms with E-state index in [1.165, 1.54) is 11.1 Å². The van der Waals surface area contributed by atoms with E-state index in [0.29, 0.717) is 5.92 Å². The lowest BCUT2D eigenvalue weighted by Gasteiger charge is -2.40. The lowest BCUT2D eigenvalue weighted by molar-refractivity contribution is 0.519. The van der Waals surface area contributed by atoms with Gasteiger partial charge in [-0.25, -0.2) is 4.98 Å². The zero-order valence-corrected chi connectivity index (χ0v) is 12.5. The molecule has 3 rings (SSSR count). The van der Waals surface area contributed by atoms with Crippen LogP contribution in [-0.2, 0) is 5.41 Å². The lowest BCUT2D eigenvalue weighted by Crippen LogP contribution is -2.45. The molecule has 1 fully saturated rings. The Labute approximate surface area is 121 Å². The highest BCUT2D eigenvalue weighted by Gasteiger charge is 2.29. The van der Waals surface area contributed by atoms with Gasteiger partial charge in [0.15, 0.2) is 0 Å². The van der Waals surface area contributed by atoms with Crippen LogP contribution < -0.4 is 4.90 Å². The summed E-state index contributed by atoms with van der Waals surface area (Å²) in [7, 11) is 0. The molecular weight excluding hydrogens is 244 g/mol.